The Bertz CT molecular complexity index is 820. The van der Waals surface area contributed by atoms with Gasteiger partial charge in [0.15, 0.2) is 6.10 Å². The molecule has 2 aromatic rings. The van der Waals surface area contributed by atoms with Crippen molar-refractivity contribution in [2.45, 2.75) is 33.8 Å². The van der Waals surface area contributed by atoms with Crippen molar-refractivity contribution in [2.24, 2.45) is 0 Å². The van der Waals surface area contributed by atoms with Gasteiger partial charge in [-0.15, -0.1) is 0 Å². The van der Waals surface area contributed by atoms with Crippen molar-refractivity contribution in [2.75, 3.05) is 5.32 Å². The molecule has 0 aliphatic heterocycles. The number of nitrogens with zero attached hydrogens (tertiary/aromatic N) is 1. The number of hydrogen-bond donors (Lipinski definition) is 1. The lowest BCUT2D eigenvalue weighted by atomic mass is 10.0. The molecule has 1 amide bonds. The molecule has 0 bridgehead atoms. The molecular formula is C17H18N2O5S. The second-order valence-corrected chi connectivity index (χ2v) is 6.77. The summed E-state index contributed by atoms with van der Waals surface area (Å²) in [6.07, 6.45) is -1.03. The van der Waals surface area contributed by atoms with Crippen LogP contribution in [0.4, 0.5) is 10.7 Å². The van der Waals surface area contributed by atoms with Crippen molar-refractivity contribution < 1.29 is 19.2 Å². The summed E-state index contributed by atoms with van der Waals surface area (Å²) in [5.74, 6) is -1.23. The first-order valence-electron chi connectivity index (χ1n) is 7.53. The van der Waals surface area contributed by atoms with Crippen LogP contribution in [0.3, 0.4) is 0 Å². The molecule has 1 N–H and O–H groups in total. The van der Waals surface area contributed by atoms with E-state index in [9.17, 15) is 19.7 Å². The van der Waals surface area contributed by atoms with E-state index in [1.54, 1.807) is 0 Å². The average Bonchev–Trinajstić information content (AvgIpc) is 3.00. The highest BCUT2D eigenvalue weighted by Crippen LogP contribution is 2.25. The summed E-state index contributed by atoms with van der Waals surface area (Å²) in [6, 6.07) is 6.43. The molecule has 0 aliphatic rings. The van der Waals surface area contributed by atoms with E-state index >= 15 is 0 Å². The lowest BCUT2D eigenvalue weighted by Gasteiger charge is -2.16. The fourth-order valence-electron chi connectivity index (χ4n) is 2.41. The molecule has 8 heteroatoms. The van der Waals surface area contributed by atoms with Crippen LogP contribution in [0.5, 0.6) is 0 Å². The first-order chi connectivity index (χ1) is 11.7. The van der Waals surface area contributed by atoms with Crippen LogP contribution in [0.25, 0.3) is 0 Å². The molecule has 132 valence electrons. The maximum absolute atomic E-state index is 12.3. The summed E-state index contributed by atoms with van der Waals surface area (Å²) >= 11 is 0.708. The van der Waals surface area contributed by atoms with Gasteiger partial charge in [-0.25, -0.2) is 4.79 Å². The minimum Gasteiger partial charge on any atom is -0.448 e. The number of ether oxygens (including phenoxy) is 1. The predicted molar refractivity (Wildman–Crippen MR) is 95.1 cm³/mol. The Hall–Kier alpha value is -2.74. The van der Waals surface area contributed by atoms with Crippen molar-refractivity contribution >= 4 is 33.9 Å². The number of nitrogens with one attached hydrogen (secondary N) is 1. The number of esters is 1. The van der Waals surface area contributed by atoms with E-state index in [0.29, 0.717) is 17.0 Å². The van der Waals surface area contributed by atoms with Crippen molar-refractivity contribution in [1.29, 1.82) is 0 Å². The van der Waals surface area contributed by atoms with Crippen LogP contribution < -0.4 is 5.32 Å². The molecule has 0 saturated carbocycles. The molecule has 7 nitrogen and oxygen atoms in total. The van der Waals surface area contributed by atoms with Crippen LogP contribution in [0.1, 0.15) is 33.3 Å². The standard InChI is InChI=1S/C17H18N2O5S/c1-9-7-10(2)15(11(3)8-9)18-16(20)12(4)24-17(21)13-5-6-14(25-13)19(22)23/h5-8,12H,1-4H3,(H,18,20)/t12-/m1/s1. The van der Waals surface area contributed by atoms with Crippen molar-refractivity contribution in [3.63, 3.8) is 0 Å². The molecular weight excluding hydrogens is 344 g/mol. The summed E-state index contributed by atoms with van der Waals surface area (Å²) in [6.45, 7) is 7.19. The SMILES string of the molecule is Cc1cc(C)c(NC(=O)[C@@H](C)OC(=O)c2ccc([N+](=O)[O-])s2)c(C)c1. The maximum Gasteiger partial charge on any atom is 0.349 e. The van der Waals surface area contributed by atoms with Crippen molar-refractivity contribution in [3.05, 3.63) is 55.9 Å². The number of amides is 1. The molecule has 0 unspecified atom stereocenters. The van der Waals surface area contributed by atoms with E-state index in [4.69, 9.17) is 4.74 Å². The fourth-order valence-corrected chi connectivity index (χ4v) is 3.11. The van der Waals surface area contributed by atoms with Gasteiger partial charge in [-0.3, -0.25) is 14.9 Å². The van der Waals surface area contributed by atoms with E-state index in [2.05, 4.69) is 5.32 Å². The topological polar surface area (TPSA) is 98.5 Å². The zero-order chi connectivity index (χ0) is 18.7. The summed E-state index contributed by atoms with van der Waals surface area (Å²) < 4.78 is 5.10. The third kappa shape index (κ3) is 4.42. The van der Waals surface area contributed by atoms with Gasteiger partial charge >= 0.3 is 11.0 Å². The zero-order valence-corrected chi connectivity index (χ0v) is 15.1. The number of hydrogen-bond acceptors (Lipinski definition) is 6. The highest BCUT2D eigenvalue weighted by Gasteiger charge is 2.23. The van der Waals surface area contributed by atoms with Gasteiger partial charge in [0.2, 0.25) is 0 Å². The molecule has 1 heterocycles. The van der Waals surface area contributed by atoms with Gasteiger partial charge in [0.25, 0.3) is 5.91 Å². The Kier molecular flexibility index (Phi) is 5.53. The summed E-state index contributed by atoms with van der Waals surface area (Å²) in [4.78, 5) is 34.5. The molecule has 25 heavy (non-hydrogen) atoms. The molecule has 0 radical (unpaired) electrons. The van der Waals surface area contributed by atoms with Gasteiger partial charge < -0.3 is 10.1 Å². The van der Waals surface area contributed by atoms with Gasteiger partial charge in [-0.2, -0.15) is 0 Å². The molecule has 2 rings (SSSR count). The van der Waals surface area contributed by atoms with E-state index in [1.807, 2.05) is 32.9 Å². The third-order valence-electron chi connectivity index (χ3n) is 3.55. The quantitative estimate of drug-likeness (QED) is 0.496. The largest absolute Gasteiger partial charge is 0.448 e. The number of aryl methyl sites for hydroxylation is 3. The number of nitro groups is 1. The average molecular weight is 362 g/mol. The van der Waals surface area contributed by atoms with Gasteiger partial charge in [0.05, 0.1) is 4.92 Å². The summed E-state index contributed by atoms with van der Waals surface area (Å²) in [7, 11) is 0. The highest BCUT2D eigenvalue weighted by molar-refractivity contribution is 7.17. The first-order valence-corrected chi connectivity index (χ1v) is 8.34. The van der Waals surface area contributed by atoms with Crippen molar-refractivity contribution in [1.82, 2.24) is 0 Å². The van der Waals surface area contributed by atoms with Crippen LogP contribution >= 0.6 is 11.3 Å². The number of thiophene rings is 1. The van der Waals surface area contributed by atoms with Crippen LogP contribution in [0.2, 0.25) is 0 Å². The molecule has 0 aliphatic carbocycles. The van der Waals surface area contributed by atoms with Crippen LogP contribution in [-0.2, 0) is 9.53 Å². The molecule has 1 aromatic heterocycles. The van der Waals surface area contributed by atoms with Gasteiger partial charge in [0.1, 0.15) is 4.88 Å². The Morgan fingerprint density at radius 2 is 1.80 bits per heavy atom. The molecule has 0 spiro atoms. The summed E-state index contributed by atoms with van der Waals surface area (Å²) in [5.41, 5.74) is 3.61. The number of carbonyl (C=O) groups is 2. The Labute approximate surface area is 148 Å². The van der Waals surface area contributed by atoms with Crippen LogP contribution in [-0.4, -0.2) is 22.9 Å². The number of carbonyl (C=O) groups excluding carboxylic acids is 2. The van der Waals surface area contributed by atoms with Gasteiger partial charge in [-0.05, 0) is 44.9 Å². The van der Waals surface area contributed by atoms with Gasteiger partial charge in [-0.1, -0.05) is 29.0 Å². The number of anilines is 1. The van der Waals surface area contributed by atoms with Gasteiger partial charge in [0, 0.05) is 11.8 Å². The second-order valence-electron chi connectivity index (χ2n) is 5.71. The van der Waals surface area contributed by atoms with Crippen molar-refractivity contribution in [3.8, 4) is 0 Å². The number of benzene rings is 1. The van der Waals surface area contributed by atoms with Crippen LogP contribution in [0, 0.1) is 30.9 Å². The van der Waals surface area contributed by atoms with Crippen LogP contribution in [0.15, 0.2) is 24.3 Å². The summed E-state index contributed by atoms with van der Waals surface area (Å²) in [5, 5.41) is 13.3. The third-order valence-corrected chi connectivity index (χ3v) is 4.57. The highest BCUT2D eigenvalue weighted by atomic mass is 32.1. The lowest BCUT2D eigenvalue weighted by Crippen LogP contribution is -2.30. The minimum absolute atomic E-state index is 0.0778. The Balaban J connectivity index is 2.05. The molecule has 1 atom stereocenters. The number of rotatable bonds is 5. The first kappa shape index (κ1) is 18.6. The maximum atomic E-state index is 12.3. The monoisotopic (exact) mass is 362 g/mol. The van der Waals surface area contributed by atoms with E-state index in [-0.39, 0.29) is 9.88 Å². The second kappa shape index (κ2) is 7.43. The fraction of sp³-hybridized carbons (Fsp3) is 0.294. The molecule has 1 aromatic carbocycles. The normalized spacial score (nSPS) is 11.7. The van der Waals surface area contributed by atoms with E-state index in [1.165, 1.54) is 19.1 Å². The molecule has 0 saturated heterocycles. The zero-order valence-electron chi connectivity index (χ0n) is 14.3. The molecule has 0 fully saturated rings. The smallest absolute Gasteiger partial charge is 0.349 e. The lowest BCUT2D eigenvalue weighted by molar-refractivity contribution is -0.380. The van der Waals surface area contributed by atoms with E-state index in [0.717, 1.165) is 16.7 Å². The minimum atomic E-state index is -1.03. The van der Waals surface area contributed by atoms with E-state index < -0.39 is 22.9 Å². The Morgan fingerprint density at radius 3 is 2.32 bits per heavy atom. The predicted octanol–water partition coefficient (Wildman–Crippen LogP) is 3.77. The Morgan fingerprint density at radius 1 is 1.20 bits per heavy atom.